The largest absolute Gasteiger partial charge is 0.508 e. The average Bonchev–Trinajstić information content (AvgIpc) is 2.39. The molecule has 0 saturated carbocycles. The summed E-state index contributed by atoms with van der Waals surface area (Å²) < 4.78 is 0. The molecule has 21 heavy (non-hydrogen) atoms. The fourth-order valence-electron chi connectivity index (χ4n) is 1.74. The SMILES string of the molecule is CON(C(=O)CC(=O)O)[C@@H](Cc1ccc(O)cc1)C(=O)O. The van der Waals surface area contributed by atoms with E-state index in [-0.39, 0.29) is 12.2 Å². The lowest BCUT2D eigenvalue weighted by Crippen LogP contribution is -2.46. The molecule has 1 aromatic rings. The number of hydrogen-bond acceptors (Lipinski definition) is 5. The van der Waals surface area contributed by atoms with Crippen molar-refractivity contribution >= 4 is 17.8 Å². The van der Waals surface area contributed by atoms with Crippen molar-refractivity contribution in [1.82, 2.24) is 5.06 Å². The first-order valence-electron chi connectivity index (χ1n) is 5.93. The Labute approximate surface area is 120 Å². The van der Waals surface area contributed by atoms with Crippen molar-refractivity contribution in [2.45, 2.75) is 18.9 Å². The van der Waals surface area contributed by atoms with Gasteiger partial charge in [0, 0.05) is 6.42 Å². The summed E-state index contributed by atoms with van der Waals surface area (Å²) in [6.07, 6.45) is -0.956. The molecular formula is C13H15NO7. The van der Waals surface area contributed by atoms with E-state index in [9.17, 15) is 24.6 Å². The van der Waals surface area contributed by atoms with Crippen LogP contribution in [0.2, 0.25) is 0 Å². The Bertz CT molecular complexity index is 526. The van der Waals surface area contributed by atoms with E-state index in [1.54, 1.807) is 0 Å². The molecule has 0 aliphatic carbocycles. The minimum absolute atomic E-state index is 0.0242. The van der Waals surface area contributed by atoms with E-state index >= 15 is 0 Å². The Kier molecular flexibility index (Phi) is 5.67. The van der Waals surface area contributed by atoms with Gasteiger partial charge in [0.25, 0.3) is 5.91 Å². The molecule has 114 valence electrons. The van der Waals surface area contributed by atoms with Gasteiger partial charge in [-0.2, -0.15) is 0 Å². The number of benzene rings is 1. The van der Waals surface area contributed by atoms with Gasteiger partial charge < -0.3 is 15.3 Å². The van der Waals surface area contributed by atoms with Crippen molar-refractivity contribution < 1.29 is 34.5 Å². The maximum absolute atomic E-state index is 11.7. The first-order valence-corrected chi connectivity index (χ1v) is 5.93. The maximum Gasteiger partial charge on any atom is 0.329 e. The van der Waals surface area contributed by atoms with Crippen LogP contribution in [0.15, 0.2) is 24.3 Å². The predicted molar refractivity (Wildman–Crippen MR) is 69.3 cm³/mol. The van der Waals surface area contributed by atoms with Crippen LogP contribution >= 0.6 is 0 Å². The van der Waals surface area contributed by atoms with E-state index in [1.807, 2.05) is 0 Å². The Morgan fingerprint density at radius 1 is 1.19 bits per heavy atom. The van der Waals surface area contributed by atoms with Crippen LogP contribution in [0.3, 0.4) is 0 Å². The van der Waals surface area contributed by atoms with Gasteiger partial charge in [-0.05, 0) is 17.7 Å². The van der Waals surface area contributed by atoms with E-state index in [2.05, 4.69) is 0 Å². The number of hydrogen-bond donors (Lipinski definition) is 3. The number of nitrogens with zero attached hydrogens (tertiary/aromatic N) is 1. The Morgan fingerprint density at radius 2 is 1.76 bits per heavy atom. The second-order valence-corrected chi connectivity index (χ2v) is 4.20. The van der Waals surface area contributed by atoms with Gasteiger partial charge in [-0.1, -0.05) is 12.1 Å². The Balaban J connectivity index is 2.92. The summed E-state index contributed by atoms with van der Waals surface area (Å²) in [5.74, 6) is -3.65. The molecule has 1 rings (SSSR count). The molecule has 0 radical (unpaired) electrons. The van der Waals surface area contributed by atoms with Crippen molar-refractivity contribution in [3.8, 4) is 5.75 Å². The lowest BCUT2D eigenvalue weighted by atomic mass is 10.1. The van der Waals surface area contributed by atoms with Gasteiger partial charge in [0.15, 0.2) is 6.04 Å². The van der Waals surface area contributed by atoms with Gasteiger partial charge in [0.1, 0.15) is 12.2 Å². The fraction of sp³-hybridized carbons (Fsp3) is 0.308. The van der Waals surface area contributed by atoms with Crippen LogP contribution in [0.5, 0.6) is 5.75 Å². The number of aliphatic carboxylic acids is 2. The first kappa shape index (κ1) is 16.4. The zero-order valence-electron chi connectivity index (χ0n) is 11.2. The molecule has 1 atom stereocenters. The number of hydroxylamine groups is 2. The van der Waals surface area contributed by atoms with Gasteiger partial charge in [-0.3, -0.25) is 14.4 Å². The summed E-state index contributed by atoms with van der Waals surface area (Å²) >= 11 is 0. The number of carboxylic acids is 2. The normalized spacial score (nSPS) is 11.7. The second-order valence-electron chi connectivity index (χ2n) is 4.20. The molecule has 8 heteroatoms. The smallest absolute Gasteiger partial charge is 0.329 e. The summed E-state index contributed by atoms with van der Waals surface area (Å²) in [6, 6.07) is 4.39. The molecule has 0 heterocycles. The minimum atomic E-state index is -1.38. The summed E-state index contributed by atoms with van der Waals surface area (Å²) in [4.78, 5) is 38.2. The van der Waals surface area contributed by atoms with E-state index in [4.69, 9.17) is 9.94 Å². The molecule has 0 aliphatic heterocycles. The van der Waals surface area contributed by atoms with Crippen molar-refractivity contribution in [3.63, 3.8) is 0 Å². The number of amides is 1. The highest BCUT2D eigenvalue weighted by molar-refractivity contribution is 5.94. The number of carbonyl (C=O) groups is 3. The zero-order chi connectivity index (χ0) is 16.0. The van der Waals surface area contributed by atoms with Crippen molar-refractivity contribution in [1.29, 1.82) is 0 Å². The van der Waals surface area contributed by atoms with Gasteiger partial charge in [0.05, 0.1) is 7.11 Å². The Hall–Kier alpha value is -2.61. The number of phenolic OH excluding ortho intramolecular Hbond substituents is 1. The highest BCUT2D eigenvalue weighted by Crippen LogP contribution is 2.15. The van der Waals surface area contributed by atoms with Crippen LogP contribution in [-0.2, 0) is 25.6 Å². The number of carboxylic acid groups (broad SMARTS) is 2. The van der Waals surface area contributed by atoms with Crippen LogP contribution in [0.25, 0.3) is 0 Å². The van der Waals surface area contributed by atoms with Crippen molar-refractivity contribution in [2.24, 2.45) is 0 Å². The van der Waals surface area contributed by atoms with E-state index in [1.165, 1.54) is 24.3 Å². The van der Waals surface area contributed by atoms with Crippen LogP contribution in [0.1, 0.15) is 12.0 Å². The summed E-state index contributed by atoms with van der Waals surface area (Å²) in [6.45, 7) is 0. The summed E-state index contributed by atoms with van der Waals surface area (Å²) in [7, 11) is 1.09. The topological polar surface area (TPSA) is 124 Å². The monoisotopic (exact) mass is 297 g/mol. The third-order valence-electron chi connectivity index (χ3n) is 2.68. The lowest BCUT2D eigenvalue weighted by Gasteiger charge is -2.26. The molecule has 1 aromatic carbocycles. The minimum Gasteiger partial charge on any atom is -0.508 e. The molecular weight excluding hydrogens is 282 g/mol. The zero-order valence-corrected chi connectivity index (χ0v) is 11.2. The summed E-state index contributed by atoms with van der Waals surface area (Å²) in [5, 5.41) is 27.5. The van der Waals surface area contributed by atoms with E-state index in [0.717, 1.165) is 7.11 Å². The van der Waals surface area contributed by atoms with Crippen LogP contribution < -0.4 is 0 Å². The third kappa shape index (κ3) is 4.77. The van der Waals surface area contributed by atoms with Crippen LogP contribution in [0.4, 0.5) is 0 Å². The lowest BCUT2D eigenvalue weighted by molar-refractivity contribution is -0.197. The number of rotatable bonds is 7. The molecule has 3 N–H and O–H groups in total. The molecule has 0 aromatic heterocycles. The fourth-order valence-corrected chi connectivity index (χ4v) is 1.74. The van der Waals surface area contributed by atoms with Gasteiger partial charge in [-0.25, -0.2) is 9.86 Å². The Morgan fingerprint density at radius 3 is 2.19 bits per heavy atom. The van der Waals surface area contributed by atoms with Gasteiger partial charge >= 0.3 is 11.9 Å². The number of aromatic hydroxyl groups is 1. The third-order valence-corrected chi connectivity index (χ3v) is 2.68. The summed E-state index contributed by atoms with van der Waals surface area (Å²) in [5.41, 5.74) is 0.547. The van der Waals surface area contributed by atoms with Crippen LogP contribution in [0, 0.1) is 0 Å². The van der Waals surface area contributed by atoms with Crippen LogP contribution in [-0.4, -0.2) is 51.4 Å². The molecule has 0 fully saturated rings. The maximum atomic E-state index is 11.7. The number of phenols is 1. The van der Waals surface area contributed by atoms with E-state index in [0.29, 0.717) is 10.6 Å². The van der Waals surface area contributed by atoms with Crippen molar-refractivity contribution in [3.05, 3.63) is 29.8 Å². The highest BCUT2D eigenvalue weighted by atomic mass is 16.7. The van der Waals surface area contributed by atoms with Crippen molar-refractivity contribution in [2.75, 3.05) is 7.11 Å². The molecule has 8 nitrogen and oxygen atoms in total. The molecule has 0 unspecified atom stereocenters. The van der Waals surface area contributed by atoms with Gasteiger partial charge in [0.2, 0.25) is 0 Å². The van der Waals surface area contributed by atoms with Gasteiger partial charge in [-0.15, -0.1) is 0 Å². The average molecular weight is 297 g/mol. The molecule has 0 spiro atoms. The standard InChI is InChI=1S/C13H15NO7/c1-21-14(11(16)7-12(17)18)10(13(19)20)6-8-2-4-9(15)5-3-8/h2-5,10,15H,6-7H2,1H3,(H,17,18)(H,19,20)/t10-/m0/s1. The molecule has 1 amide bonds. The number of carbonyl (C=O) groups excluding carboxylic acids is 1. The second kappa shape index (κ2) is 7.25. The van der Waals surface area contributed by atoms with E-state index < -0.39 is 30.3 Å². The molecule has 0 bridgehead atoms. The highest BCUT2D eigenvalue weighted by Gasteiger charge is 2.31. The quantitative estimate of drug-likeness (QED) is 0.486. The molecule has 0 saturated heterocycles. The molecule has 0 aliphatic rings. The first-order chi connectivity index (χ1) is 9.85. The predicted octanol–water partition coefficient (Wildman–Crippen LogP) is 0.253.